The van der Waals surface area contributed by atoms with E-state index in [1.807, 2.05) is 0 Å². The minimum absolute atomic E-state index is 0.0109. The Morgan fingerprint density at radius 2 is 1.85 bits per heavy atom. The summed E-state index contributed by atoms with van der Waals surface area (Å²) >= 11 is 0. The predicted molar refractivity (Wildman–Crippen MR) is 105 cm³/mol. The van der Waals surface area contributed by atoms with Crippen molar-refractivity contribution in [3.05, 3.63) is 11.6 Å². The molecule has 5 rings (SSSR count). The lowest BCUT2D eigenvalue weighted by Crippen LogP contribution is -2.53. The molecule has 0 radical (unpaired) electrons. The SMILES string of the molecule is C[C@]12CC[C@@H]3[C@H](CC=C4C[C@@H](O)CC[C@@]43C)[C@@H]1CC[C@@H]2[C@]1(C)CCC(=O)O1. The predicted octanol–water partition coefficient (Wildman–Crippen LogP) is 5.02. The first kappa shape index (κ1) is 18.2. The molecule has 0 amide bonds. The summed E-state index contributed by atoms with van der Waals surface area (Å²) in [5.74, 6) is 2.85. The van der Waals surface area contributed by atoms with Crippen LogP contribution in [0.25, 0.3) is 0 Å². The number of aliphatic hydroxyl groups excluding tert-OH is 1. The van der Waals surface area contributed by atoms with Crippen molar-refractivity contribution in [3.63, 3.8) is 0 Å². The number of carbonyl (C=O) groups excluding carboxylic acids is 1. The molecule has 8 atom stereocenters. The lowest BCUT2D eigenvalue weighted by molar-refractivity contribution is -0.158. The van der Waals surface area contributed by atoms with Crippen LogP contribution in [0, 0.1) is 34.5 Å². The highest BCUT2D eigenvalue weighted by Gasteiger charge is 2.62. The first-order chi connectivity index (χ1) is 12.8. The number of hydrogen-bond acceptors (Lipinski definition) is 3. The van der Waals surface area contributed by atoms with Crippen molar-refractivity contribution in [1.29, 1.82) is 0 Å². The molecule has 150 valence electrons. The molecule has 1 heterocycles. The van der Waals surface area contributed by atoms with Crippen LogP contribution in [0.5, 0.6) is 0 Å². The van der Waals surface area contributed by atoms with Gasteiger partial charge in [0.05, 0.1) is 6.10 Å². The van der Waals surface area contributed by atoms with Gasteiger partial charge < -0.3 is 9.84 Å². The summed E-state index contributed by atoms with van der Waals surface area (Å²) in [5, 5.41) is 10.2. The van der Waals surface area contributed by atoms with Gasteiger partial charge in [-0.15, -0.1) is 0 Å². The summed E-state index contributed by atoms with van der Waals surface area (Å²) in [4.78, 5) is 11.9. The van der Waals surface area contributed by atoms with Crippen LogP contribution in [0.4, 0.5) is 0 Å². The summed E-state index contributed by atoms with van der Waals surface area (Å²) in [7, 11) is 0. The maximum atomic E-state index is 11.9. The molecule has 3 nitrogen and oxygen atoms in total. The molecular weight excluding hydrogens is 336 g/mol. The van der Waals surface area contributed by atoms with E-state index in [1.165, 1.54) is 32.1 Å². The number of ether oxygens (including phenoxy) is 1. The number of cyclic esters (lactones) is 1. The van der Waals surface area contributed by atoms with Crippen molar-refractivity contribution >= 4 is 5.97 Å². The van der Waals surface area contributed by atoms with E-state index in [9.17, 15) is 9.90 Å². The molecule has 0 aromatic heterocycles. The van der Waals surface area contributed by atoms with E-state index in [-0.39, 0.29) is 17.7 Å². The van der Waals surface area contributed by atoms with Gasteiger partial charge in [-0.3, -0.25) is 4.79 Å². The fraction of sp³-hybridized carbons (Fsp3) is 0.875. The molecule has 3 heteroatoms. The number of fused-ring (bicyclic) bond motifs is 5. The van der Waals surface area contributed by atoms with Crippen molar-refractivity contribution in [2.45, 2.75) is 96.7 Å². The van der Waals surface area contributed by atoms with Gasteiger partial charge in [-0.1, -0.05) is 25.5 Å². The number of carbonyl (C=O) groups is 1. The molecule has 0 unspecified atom stereocenters. The monoisotopic (exact) mass is 372 g/mol. The van der Waals surface area contributed by atoms with Crippen molar-refractivity contribution in [2.75, 3.05) is 0 Å². The molecule has 4 fully saturated rings. The Kier molecular flexibility index (Phi) is 3.94. The Bertz CT molecular complexity index is 683. The second-order valence-electron chi connectivity index (χ2n) is 11.1. The standard InChI is InChI=1S/C24H36O3/c1-22-11-8-16(25)14-15(22)4-5-17-18-6-7-20(23(18,2)12-9-19(17)22)24(3)13-10-21(26)27-24/h4,16-20,25H,5-14H2,1-3H3/t16-,17+,18-,19+,20-,22-,23-,24-/m0/s1. The highest BCUT2D eigenvalue weighted by atomic mass is 16.6. The maximum Gasteiger partial charge on any atom is 0.306 e. The van der Waals surface area contributed by atoms with Gasteiger partial charge in [0.1, 0.15) is 5.60 Å². The molecule has 3 saturated carbocycles. The molecule has 0 bridgehead atoms. The largest absolute Gasteiger partial charge is 0.459 e. The van der Waals surface area contributed by atoms with Crippen LogP contribution in [0.2, 0.25) is 0 Å². The second-order valence-corrected chi connectivity index (χ2v) is 11.1. The van der Waals surface area contributed by atoms with Crippen LogP contribution in [0.1, 0.15) is 85.0 Å². The molecular formula is C24H36O3. The van der Waals surface area contributed by atoms with E-state index in [2.05, 4.69) is 26.8 Å². The third-order valence-electron chi connectivity index (χ3n) is 9.99. The normalized spacial score (nSPS) is 54.6. The summed E-state index contributed by atoms with van der Waals surface area (Å²) in [5.41, 5.74) is 1.95. The molecule has 0 spiro atoms. The molecule has 5 aliphatic rings. The fourth-order valence-electron chi connectivity index (χ4n) is 8.60. The molecule has 0 aromatic carbocycles. The Morgan fingerprint density at radius 1 is 1.04 bits per heavy atom. The Morgan fingerprint density at radius 3 is 2.59 bits per heavy atom. The highest BCUT2D eigenvalue weighted by Crippen LogP contribution is 2.68. The van der Waals surface area contributed by atoms with E-state index >= 15 is 0 Å². The van der Waals surface area contributed by atoms with Gasteiger partial charge in [-0.25, -0.2) is 0 Å². The van der Waals surface area contributed by atoms with Gasteiger partial charge in [0.2, 0.25) is 0 Å². The summed E-state index contributed by atoms with van der Waals surface area (Å²) < 4.78 is 5.92. The van der Waals surface area contributed by atoms with Gasteiger partial charge in [-0.2, -0.15) is 0 Å². The lowest BCUT2D eigenvalue weighted by atomic mass is 9.46. The van der Waals surface area contributed by atoms with Crippen LogP contribution < -0.4 is 0 Å². The number of allylic oxidation sites excluding steroid dienone is 1. The molecule has 0 aromatic rings. The third-order valence-corrected chi connectivity index (χ3v) is 9.99. The number of rotatable bonds is 1. The van der Waals surface area contributed by atoms with Gasteiger partial charge in [0.15, 0.2) is 0 Å². The minimum Gasteiger partial charge on any atom is -0.459 e. The van der Waals surface area contributed by atoms with E-state index in [0.29, 0.717) is 23.2 Å². The Balaban J connectivity index is 1.44. The van der Waals surface area contributed by atoms with E-state index in [1.54, 1.807) is 5.57 Å². The molecule has 1 aliphatic heterocycles. The summed E-state index contributed by atoms with van der Waals surface area (Å²) in [6.45, 7) is 7.23. The van der Waals surface area contributed by atoms with Crippen molar-refractivity contribution < 1.29 is 14.6 Å². The quantitative estimate of drug-likeness (QED) is 0.519. The van der Waals surface area contributed by atoms with E-state index in [0.717, 1.165) is 43.4 Å². The zero-order valence-electron chi connectivity index (χ0n) is 17.3. The second kappa shape index (κ2) is 5.84. The Hall–Kier alpha value is -0.830. The van der Waals surface area contributed by atoms with E-state index < -0.39 is 0 Å². The van der Waals surface area contributed by atoms with Crippen molar-refractivity contribution in [1.82, 2.24) is 0 Å². The smallest absolute Gasteiger partial charge is 0.306 e. The Labute approximate surface area is 163 Å². The number of esters is 1. The van der Waals surface area contributed by atoms with Gasteiger partial charge in [0.25, 0.3) is 0 Å². The van der Waals surface area contributed by atoms with Crippen LogP contribution in [0.3, 0.4) is 0 Å². The molecule has 27 heavy (non-hydrogen) atoms. The minimum atomic E-state index is -0.234. The fourth-order valence-corrected chi connectivity index (χ4v) is 8.60. The van der Waals surface area contributed by atoms with Crippen LogP contribution in [-0.4, -0.2) is 22.8 Å². The number of aliphatic hydroxyl groups is 1. The third kappa shape index (κ3) is 2.46. The van der Waals surface area contributed by atoms with Crippen molar-refractivity contribution in [3.8, 4) is 0 Å². The zero-order valence-corrected chi connectivity index (χ0v) is 17.3. The highest BCUT2D eigenvalue weighted by molar-refractivity contribution is 5.72. The lowest BCUT2D eigenvalue weighted by Gasteiger charge is -2.58. The topological polar surface area (TPSA) is 46.5 Å². The average molecular weight is 373 g/mol. The molecule has 1 saturated heterocycles. The molecule has 4 aliphatic carbocycles. The van der Waals surface area contributed by atoms with Crippen LogP contribution >= 0.6 is 0 Å². The van der Waals surface area contributed by atoms with Gasteiger partial charge in [0, 0.05) is 12.3 Å². The first-order valence-corrected chi connectivity index (χ1v) is 11.4. The van der Waals surface area contributed by atoms with Gasteiger partial charge in [-0.05, 0) is 93.3 Å². The molecule has 1 N–H and O–H groups in total. The summed E-state index contributed by atoms with van der Waals surface area (Å²) in [6.07, 6.45) is 13.2. The maximum absolute atomic E-state index is 11.9. The van der Waals surface area contributed by atoms with Crippen molar-refractivity contribution in [2.24, 2.45) is 34.5 Å². The van der Waals surface area contributed by atoms with E-state index in [4.69, 9.17) is 4.74 Å². The first-order valence-electron chi connectivity index (χ1n) is 11.4. The summed E-state index contributed by atoms with van der Waals surface area (Å²) in [6, 6.07) is 0. The zero-order chi connectivity index (χ0) is 19.0. The van der Waals surface area contributed by atoms with Crippen LogP contribution in [-0.2, 0) is 9.53 Å². The van der Waals surface area contributed by atoms with Gasteiger partial charge >= 0.3 is 5.97 Å². The number of hydrogen-bond donors (Lipinski definition) is 1. The average Bonchev–Trinajstić information content (AvgIpc) is 3.15. The van der Waals surface area contributed by atoms with Crippen LogP contribution in [0.15, 0.2) is 11.6 Å².